The predicted octanol–water partition coefficient (Wildman–Crippen LogP) is 3.44. The highest BCUT2D eigenvalue weighted by Gasteiger charge is 2.09. The van der Waals surface area contributed by atoms with Gasteiger partial charge >= 0.3 is 6.03 Å². The molecule has 0 aromatic heterocycles. The zero-order valence-electron chi connectivity index (χ0n) is 11.1. The molecule has 0 heterocycles. The number of nitrogens with one attached hydrogen (secondary N) is 2. The molecule has 3 nitrogen and oxygen atoms in total. The van der Waals surface area contributed by atoms with Gasteiger partial charge in [0.05, 0.1) is 0 Å². The van der Waals surface area contributed by atoms with Gasteiger partial charge in [-0.2, -0.15) is 0 Å². The molecular weight excluding hydrogens is 200 g/mol. The second kappa shape index (κ2) is 10.8. The molecule has 0 aliphatic carbocycles. The third kappa shape index (κ3) is 8.57. The van der Waals surface area contributed by atoms with Gasteiger partial charge in [0.2, 0.25) is 0 Å². The Morgan fingerprint density at radius 3 is 2.25 bits per heavy atom. The van der Waals surface area contributed by atoms with E-state index in [1.165, 1.54) is 12.8 Å². The Kier molecular flexibility index (Phi) is 10.3. The maximum Gasteiger partial charge on any atom is 0.315 e. The first-order valence-corrected chi connectivity index (χ1v) is 6.78. The molecule has 0 aromatic rings. The van der Waals surface area contributed by atoms with Crippen molar-refractivity contribution in [2.45, 2.75) is 71.8 Å². The molecule has 96 valence electrons. The SMILES string of the molecule is CCCCNC(=O)NC(CCC)CCCC. The van der Waals surface area contributed by atoms with Gasteiger partial charge in [0, 0.05) is 12.6 Å². The van der Waals surface area contributed by atoms with Gasteiger partial charge in [0.1, 0.15) is 0 Å². The molecule has 0 fully saturated rings. The van der Waals surface area contributed by atoms with Crippen molar-refractivity contribution in [3.63, 3.8) is 0 Å². The van der Waals surface area contributed by atoms with E-state index in [9.17, 15) is 4.79 Å². The fourth-order valence-electron chi connectivity index (χ4n) is 1.70. The summed E-state index contributed by atoms with van der Waals surface area (Å²) in [6.07, 6.45) is 7.88. The van der Waals surface area contributed by atoms with Gasteiger partial charge in [-0.3, -0.25) is 0 Å². The van der Waals surface area contributed by atoms with Crippen molar-refractivity contribution >= 4 is 6.03 Å². The Morgan fingerprint density at radius 2 is 1.69 bits per heavy atom. The van der Waals surface area contributed by atoms with Crippen LogP contribution in [-0.4, -0.2) is 18.6 Å². The standard InChI is InChI=1S/C13H28N2O/c1-4-7-10-12(9-6-3)15-13(16)14-11-8-5-2/h12H,4-11H2,1-3H3,(H2,14,15,16). The van der Waals surface area contributed by atoms with Crippen molar-refractivity contribution in [1.82, 2.24) is 10.6 Å². The van der Waals surface area contributed by atoms with Crippen LogP contribution in [0.5, 0.6) is 0 Å². The zero-order chi connectivity index (χ0) is 12.2. The lowest BCUT2D eigenvalue weighted by Crippen LogP contribution is -2.42. The molecule has 0 saturated heterocycles. The van der Waals surface area contributed by atoms with Crippen molar-refractivity contribution < 1.29 is 4.79 Å². The Bertz CT molecular complexity index is 171. The molecule has 0 saturated carbocycles. The lowest BCUT2D eigenvalue weighted by molar-refractivity contribution is 0.235. The molecule has 0 radical (unpaired) electrons. The molecule has 0 rings (SSSR count). The number of rotatable bonds is 9. The van der Waals surface area contributed by atoms with Gasteiger partial charge in [-0.05, 0) is 19.3 Å². The molecule has 1 atom stereocenters. The first kappa shape index (κ1) is 15.3. The molecule has 3 heteroatoms. The highest BCUT2D eigenvalue weighted by Crippen LogP contribution is 2.06. The second-order valence-corrected chi connectivity index (χ2v) is 4.38. The van der Waals surface area contributed by atoms with E-state index in [1.54, 1.807) is 0 Å². The number of carbonyl (C=O) groups is 1. The number of unbranched alkanes of at least 4 members (excludes halogenated alkanes) is 2. The molecular formula is C13H28N2O. The summed E-state index contributed by atoms with van der Waals surface area (Å²) in [4.78, 5) is 11.5. The first-order chi connectivity index (χ1) is 7.74. The van der Waals surface area contributed by atoms with Gasteiger partial charge in [-0.15, -0.1) is 0 Å². The van der Waals surface area contributed by atoms with Crippen molar-refractivity contribution in [1.29, 1.82) is 0 Å². The summed E-state index contributed by atoms with van der Waals surface area (Å²) < 4.78 is 0. The number of urea groups is 1. The molecule has 0 bridgehead atoms. The molecule has 0 aliphatic rings. The summed E-state index contributed by atoms with van der Waals surface area (Å²) in [6, 6.07) is 0.356. The van der Waals surface area contributed by atoms with Gasteiger partial charge in [0.25, 0.3) is 0 Å². The monoisotopic (exact) mass is 228 g/mol. The summed E-state index contributed by atoms with van der Waals surface area (Å²) in [5.74, 6) is 0. The molecule has 1 unspecified atom stereocenters. The zero-order valence-corrected chi connectivity index (χ0v) is 11.1. The fraction of sp³-hybridized carbons (Fsp3) is 0.923. The summed E-state index contributed by atoms with van der Waals surface area (Å²) in [6.45, 7) is 7.26. The summed E-state index contributed by atoms with van der Waals surface area (Å²) in [5, 5.41) is 5.96. The van der Waals surface area contributed by atoms with Crippen LogP contribution in [0.3, 0.4) is 0 Å². The number of hydrogen-bond acceptors (Lipinski definition) is 1. The van der Waals surface area contributed by atoms with Crippen LogP contribution in [-0.2, 0) is 0 Å². The Hall–Kier alpha value is -0.730. The Labute approximate surface area is 100 Å². The van der Waals surface area contributed by atoms with E-state index < -0.39 is 0 Å². The van der Waals surface area contributed by atoms with Crippen molar-refractivity contribution in [2.24, 2.45) is 0 Å². The predicted molar refractivity (Wildman–Crippen MR) is 69.7 cm³/mol. The first-order valence-electron chi connectivity index (χ1n) is 6.78. The minimum absolute atomic E-state index is 0.00278. The van der Waals surface area contributed by atoms with E-state index in [0.717, 1.165) is 38.6 Å². The van der Waals surface area contributed by atoms with Crippen molar-refractivity contribution in [3.8, 4) is 0 Å². The van der Waals surface area contributed by atoms with E-state index in [2.05, 4.69) is 31.4 Å². The van der Waals surface area contributed by atoms with Crippen LogP contribution in [0.4, 0.5) is 4.79 Å². The van der Waals surface area contributed by atoms with Crippen LogP contribution in [0.1, 0.15) is 65.7 Å². The largest absolute Gasteiger partial charge is 0.338 e. The van der Waals surface area contributed by atoms with E-state index in [-0.39, 0.29) is 6.03 Å². The van der Waals surface area contributed by atoms with E-state index in [4.69, 9.17) is 0 Å². The van der Waals surface area contributed by atoms with Gasteiger partial charge in [-0.25, -0.2) is 4.79 Å². The van der Waals surface area contributed by atoms with Crippen LogP contribution < -0.4 is 10.6 Å². The average molecular weight is 228 g/mol. The smallest absolute Gasteiger partial charge is 0.315 e. The van der Waals surface area contributed by atoms with Gasteiger partial charge < -0.3 is 10.6 Å². The maximum atomic E-state index is 11.5. The molecule has 2 amide bonds. The quantitative estimate of drug-likeness (QED) is 0.583. The summed E-state index contributed by atoms with van der Waals surface area (Å²) in [5.41, 5.74) is 0. The fourth-order valence-corrected chi connectivity index (χ4v) is 1.70. The third-order valence-corrected chi connectivity index (χ3v) is 2.69. The lowest BCUT2D eigenvalue weighted by Gasteiger charge is -2.18. The minimum atomic E-state index is 0.00278. The van der Waals surface area contributed by atoms with E-state index in [1.807, 2.05) is 0 Å². The number of carbonyl (C=O) groups excluding carboxylic acids is 1. The average Bonchev–Trinajstić information content (AvgIpc) is 2.26. The van der Waals surface area contributed by atoms with Gasteiger partial charge in [-0.1, -0.05) is 46.5 Å². The van der Waals surface area contributed by atoms with E-state index in [0.29, 0.717) is 6.04 Å². The highest BCUT2D eigenvalue weighted by molar-refractivity contribution is 5.74. The second-order valence-electron chi connectivity index (χ2n) is 4.38. The number of amides is 2. The highest BCUT2D eigenvalue weighted by atomic mass is 16.2. The summed E-state index contributed by atoms with van der Waals surface area (Å²) >= 11 is 0. The van der Waals surface area contributed by atoms with Crippen molar-refractivity contribution in [2.75, 3.05) is 6.54 Å². The third-order valence-electron chi connectivity index (χ3n) is 2.69. The minimum Gasteiger partial charge on any atom is -0.338 e. The number of hydrogen-bond donors (Lipinski definition) is 2. The molecule has 0 aliphatic heterocycles. The molecule has 0 spiro atoms. The maximum absolute atomic E-state index is 11.5. The van der Waals surface area contributed by atoms with Crippen molar-refractivity contribution in [3.05, 3.63) is 0 Å². The Morgan fingerprint density at radius 1 is 1.00 bits per heavy atom. The normalized spacial score (nSPS) is 12.2. The van der Waals surface area contributed by atoms with Crippen LogP contribution in [0.25, 0.3) is 0 Å². The molecule has 16 heavy (non-hydrogen) atoms. The van der Waals surface area contributed by atoms with Crippen LogP contribution in [0.15, 0.2) is 0 Å². The van der Waals surface area contributed by atoms with Gasteiger partial charge in [0.15, 0.2) is 0 Å². The van der Waals surface area contributed by atoms with Crippen LogP contribution in [0, 0.1) is 0 Å². The van der Waals surface area contributed by atoms with Crippen LogP contribution in [0.2, 0.25) is 0 Å². The Balaban J connectivity index is 3.73. The topological polar surface area (TPSA) is 41.1 Å². The van der Waals surface area contributed by atoms with Crippen LogP contribution >= 0.6 is 0 Å². The lowest BCUT2D eigenvalue weighted by atomic mass is 10.1. The molecule has 2 N–H and O–H groups in total. The van der Waals surface area contributed by atoms with E-state index >= 15 is 0 Å². The molecule has 0 aromatic carbocycles. The summed E-state index contributed by atoms with van der Waals surface area (Å²) in [7, 11) is 0.